The Hall–Kier alpha value is -1.34. The van der Waals surface area contributed by atoms with Crippen molar-refractivity contribution >= 4 is 5.82 Å². The summed E-state index contributed by atoms with van der Waals surface area (Å²) in [4.78, 5) is 5.47. The summed E-state index contributed by atoms with van der Waals surface area (Å²) in [7, 11) is 0. The van der Waals surface area contributed by atoms with Gasteiger partial charge in [0.15, 0.2) is 0 Å². The van der Waals surface area contributed by atoms with Gasteiger partial charge in [-0.3, -0.25) is 0 Å². The van der Waals surface area contributed by atoms with E-state index in [4.69, 9.17) is 10.5 Å². The highest BCUT2D eigenvalue weighted by molar-refractivity contribution is 5.48. The van der Waals surface area contributed by atoms with E-state index < -0.39 is 11.9 Å². The van der Waals surface area contributed by atoms with Crippen molar-refractivity contribution in [3.63, 3.8) is 0 Å². The number of ether oxygens (including phenoxy) is 1. The molecule has 0 saturated carbocycles. The minimum Gasteiger partial charge on any atom is -0.380 e. The summed E-state index contributed by atoms with van der Waals surface area (Å²) < 4.78 is 43.5. The van der Waals surface area contributed by atoms with Gasteiger partial charge in [-0.05, 0) is 19.9 Å². The summed E-state index contributed by atoms with van der Waals surface area (Å²) in [5, 5.41) is 0. The van der Waals surface area contributed by atoms with Crippen LogP contribution < -0.4 is 10.6 Å². The number of nitrogens with two attached hydrogens (primary N) is 1. The van der Waals surface area contributed by atoms with Gasteiger partial charge in [0.25, 0.3) is 0 Å². The third-order valence-corrected chi connectivity index (χ3v) is 2.86. The summed E-state index contributed by atoms with van der Waals surface area (Å²) in [6.07, 6.45) is -4.46. The molecule has 0 radical (unpaired) electrons. The Balaban J connectivity index is 3.04. The second-order valence-electron chi connectivity index (χ2n) is 4.16. The number of halogens is 3. The van der Waals surface area contributed by atoms with Crippen LogP contribution in [0.25, 0.3) is 0 Å². The zero-order valence-electron chi connectivity index (χ0n) is 11.7. The number of hydrogen-bond donors (Lipinski definition) is 1. The largest absolute Gasteiger partial charge is 0.433 e. The van der Waals surface area contributed by atoms with Crippen LogP contribution in [-0.4, -0.2) is 31.3 Å². The molecule has 0 aliphatic rings. The van der Waals surface area contributed by atoms with Crippen molar-refractivity contribution < 1.29 is 17.9 Å². The number of alkyl halides is 3. The lowest BCUT2D eigenvalue weighted by Crippen LogP contribution is -2.30. The Labute approximate surface area is 116 Å². The first-order valence-electron chi connectivity index (χ1n) is 6.53. The first-order valence-corrected chi connectivity index (χ1v) is 6.53. The summed E-state index contributed by atoms with van der Waals surface area (Å²) >= 11 is 0. The van der Waals surface area contributed by atoms with Crippen molar-refractivity contribution in [3.8, 4) is 0 Å². The minimum atomic E-state index is -4.46. The average Bonchev–Trinajstić information content (AvgIpc) is 2.42. The van der Waals surface area contributed by atoms with Crippen molar-refractivity contribution in [1.29, 1.82) is 0 Å². The van der Waals surface area contributed by atoms with E-state index in [0.717, 1.165) is 6.07 Å². The van der Waals surface area contributed by atoms with Crippen LogP contribution in [-0.2, 0) is 17.5 Å². The van der Waals surface area contributed by atoms with Crippen molar-refractivity contribution in [2.24, 2.45) is 5.73 Å². The molecule has 0 aliphatic heterocycles. The molecule has 0 saturated heterocycles. The molecule has 0 atom stereocenters. The van der Waals surface area contributed by atoms with E-state index in [9.17, 15) is 13.2 Å². The van der Waals surface area contributed by atoms with Gasteiger partial charge < -0.3 is 15.4 Å². The van der Waals surface area contributed by atoms with Gasteiger partial charge in [0.2, 0.25) is 0 Å². The molecule has 2 N–H and O–H groups in total. The van der Waals surface area contributed by atoms with Gasteiger partial charge in [-0.15, -0.1) is 0 Å². The van der Waals surface area contributed by atoms with E-state index >= 15 is 0 Å². The Morgan fingerprint density at radius 3 is 2.50 bits per heavy atom. The number of pyridine rings is 1. The standard InChI is InChI=1S/C13H20F3N3O/c1-3-19(7-8-20-4-2)12-10(9-17)5-6-11(18-12)13(14,15)16/h5-6H,3-4,7-9,17H2,1-2H3. The molecule has 0 bridgehead atoms. The van der Waals surface area contributed by atoms with Gasteiger partial charge >= 0.3 is 6.18 Å². The number of likely N-dealkylation sites (N-methyl/N-ethyl adjacent to an activating group) is 1. The quantitative estimate of drug-likeness (QED) is 0.784. The average molecular weight is 291 g/mol. The van der Waals surface area contributed by atoms with Crippen molar-refractivity contribution in [3.05, 3.63) is 23.4 Å². The molecule has 1 heterocycles. The molecule has 1 rings (SSSR count). The maximum absolute atomic E-state index is 12.7. The van der Waals surface area contributed by atoms with Crippen LogP contribution >= 0.6 is 0 Å². The second kappa shape index (κ2) is 7.44. The summed E-state index contributed by atoms with van der Waals surface area (Å²) in [5.74, 6) is 0.282. The fraction of sp³-hybridized carbons (Fsp3) is 0.615. The van der Waals surface area contributed by atoms with Gasteiger partial charge in [0, 0.05) is 31.8 Å². The molecule has 0 unspecified atom stereocenters. The second-order valence-corrected chi connectivity index (χ2v) is 4.16. The Kier molecular flexibility index (Phi) is 6.22. The van der Waals surface area contributed by atoms with Crippen LogP contribution in [0.5, 0.6) is 0 Å². The highest BCUT2D eigenvalue weighted by Crippen LogP contribution is 2.30. The molecule has 0 aliphatic carbocycles. The van der Waals surface area contributed by atoms with Gasteiger partial charge in [-0.1, -0.05) is 6.07 Å². The van der Waals surface area contributed by atoms with E-state index in [2.05, 4.69) is 4.98 Å². The molecule has 7 heteroatoms. The van der Waals surface area contributed by atoms with Crippen LogP contribution in [0.2, 0.25) is 0 Å². The molecule has 0 spiro atoms. The molecule has 1 aromatic rings. The van der Waals surface area contributed by atoms with Crippen molar-refractivity contribution in [1.82, 2.24) is 4.98 Å². The van der Waals surface area contributed by atoms with Crippen LogP contribution in [0.4, 0.5) is 19.0 Å². The van der Waals surface area contributed by atoms with E-state index in [1.807, 2.05) is 13.8 Å². The smallest absolute Gasteiger partial charge is 0.380 e. The van der Waals surface area contributed by atoms with Gasteiger partial charge in [-0.2, -0.15) is 13.2 Å². The topological polar surface area (TPSA) is 51.4 Å². The molecule has 0 fully saturated rings. The third-order valence-electron chi connectivity index (χ3n) is 2.86. The number of hydrogen-bond acceptors (Lipinski definition) is 4. The number of rotatable bonds is 7. The monoisotopic (exact) mass is 291 g/mol. The Morgan fingerprint density at radius 1 is 1.30 bits per heavy atom. The molecule has 20 heavy (non-hydrogen) atoms. The SMILES string of the molecule is CCOCCN(CC)c1nc(C(F)(F)F)ccc1CN. The van der Waals surface area contributed by atoms with Gasteiger partial charge in [0.05, 0.1) is 6.61 Å². The fourth-order valence-corrected chi connectivity index (χ4v) is 1.80. The molecule has 114 valence electrons. The maximum atomic E-state index is 12.7. The number of nitrogens with zero attached hydrogens (tertiary/aromatic N) is 2. The lowest BCUT2D eigenvalue weighted by molar-refractivity contribution is -0.141. The van der Waals surface area contributed by atoms with Crippen molar-refractivity contribution in [2.75, 3.05) is 31.2 Å². The van der Waals surface area contributed by atoms with Crippen molar-refractivity contribution in [2.45, 2.75) is 26.6 Å². The van der Waals surface area contributed by atoms with Gasteiger partial charge in [-0.25, -0.2) is 4.98 Å². The highest BCUT2D eigenvalue weighted by atomic mass is 19.4. The Morgan fingerprint density at radius 2 is 2.00 bits per heavy atom. The molecule has 4 nitrogen and oxygen atoms in total. The third kappa shape index (κ3) is 4.35. The zero-order valence-corrected chi connectivity index (χ0v) is 11.7. The lowest BCUT2D eigenvalue weighted by atomic mass is 10.2. The van der Waals surface area contributed by atoms with E-state index in [0.29, 0.717) is 31.9 Å². The number of anilines is 1. The van der Waals surface area contributed by atoms with Gasteiger partial charge in [0.1, 0.15) is 11.5 Å². The lowest BCUT2D eigenvalue weighted by Gasteiger charge is -2.25. The normalized spacial score (nSPS) is 11.7. The fourth-order valence-electron chi connectivity index (χ4n) is 1.80. The first kappa shape index (κ1) is 16.7. The van der Waals surface area contributed by atoms with E-state index in [1.165, 1.54) is 6.07 Å². The maximum Gasteiger partial charge on any atom is 0.433 e. The van der Waals surface area contributed by atoms with E-state index in [-0.39, 0.29) is 12.4 Å². The summed E-state index contributed by atoms with van der Waals surface area (Å²) in [6, 6.07) is 2.34. The zero-order chi connectivity index (χ0) is 15.2. The molecular weight excluding hydrogens is 271 g/mol. The Bertz CT molecular complexity index is 424. The van der Waals surface area contributed by atoms with Crippen LogP contribution in [0.3, 0.4) is 0 Å². The molecule has 1 aromatic heterocycles. The van der Waals surface area contributed by atoms with E-state index in [1.54, 1.807) is 4.90 Å². The summed E-state index contributed by atoms with van der Waals surface area (Å²) in [6.45, 7) is 5.88. The molecular formula is C13H20F3N3O. The minimum absolute atomic E-state index is 0.144. The van der Waals surface area contributed by atoms with Crippen LogP contribution in [0.15, 0.2) is 12.1 Å². The predicted octanol–water partition coefficient (Wildman–Crippen LogP) is 2.42. The summed E-state index contributed by atoms with van der Waals surface area (Å²) in [5.41, 5.74) is 5.27. The molecule has 0 aromatic carbocycles. The first-order chi connectivity index (χ1) is 9.43. The number of aromatic nitrogens is 1. The molecule has 0 amide bonds. The van der Waals surface area contributed by atoms with Crippen LogP contribution in [0, 0.1) is 0 Å². The highest BCUT2D eigenvalue weighted by Gasteiger charge is 2.33. The predicted molar refractivity (Wildman–Crippen MR) is 71.5 cm³/mol. The van der Waals surface area contributed by atoms with Crippen LogP contribution in [0.1, 0.15) is 25.1 Å².